The number of carboxylic acid groups (broad SMARTS) is 1. The predicted octanol–water partition coefficient (Wildman–Crippen LogP) is 9.77. The highest BCUT2D eigenvalue weighted by Crippen LogP contribution is 2.13. The molecule has 2 N–H and O–H groups in total. The molecule has 41 heavy (non-hydrogen) atoms. The molecular weight excluding hydrogens is 514 g/mol. The molecule has 0 spiro atoms. The maximum Gasteiger partial charge on any atom is 0.303 e. The smallest absolute Gasteiger partial charge is 0.303 e. The summed E-state index contributed by atoms with van der Waals surface area (Å²) in [5, 5.41) is 11.6. The minimum atomic E-state index is -0.953. The maximum absolute atomic E-state index is 12.0. The van der Waals surface area contributed by atoms with Crippen LogP contribution in [-0.2, 0) is 19.1 Å². The Morgan fingerprint density at radius 1 is 0.561 bits per heavy atom. The Labute approximate surface area is 254 Å². The molecule has 1 amide bonds. The van der Waals surface area contributed by atoms with Crippen molar-refractivity contribution in [2.45, 2.75) is 187 Å². The Bertz CT molecular complexity index is 557. The molecule has 6 nitrogen and oxygen atoms in total. The largest absolute Gasteiger partial charge is 0.481 e. The summed E-state index contributed by atoms with van der Waals surface area (Å²) < 4.78 is 12.0. The van der Waals surface area contributed by atoms with Crippen LogP contribution in [0.25, 0.3) is 0 Å². The summed E-state index contributed by atoms with van der Waals surface area (Å²) in [6, 6.07) is 0. The fourth-order valence-electron chi connectivity index (χ4n) is 5.16. The third-order valence-corrected chi connectivity index (χ3v) is 7.89. The second-order valence-electron chi connectivity index (χ2n) is 12.0. The molecule has 0 aromatic heterocycles. The molecule has 0 aliphatic rings. The quantitative estimate of drug-likeness (QED) is 0.0737. The zero-order valence-corrected chi connectivity index (χ0v) is 27.4. The van der Waals surface area contributed by atoms with Gasteiger partial charge in [-0.2, -0.15) is 0 Å². The number of carbonyl (C=O) groups excluding carboxylic acids is 1. The molecule has 1 unspecified atom stereocenters. The van der Waals surface area contributed by atoms with Gasteiger partial charge in [-0.15, -0.1) is 0 Å². The van der Waals surface area contributed by atoms with E-state index in [1.807, 2.05) is 0 Å². The van der Waals surface area contributed by atoms with Crippen LogP contribution in [0.2, 0.25) is 0 Å². The topological polar surface area (TPSA) is 84.9 Å². The van der Waals surface area contributed by atoms with Crippen molar-refractivity contribution >= 4 is 11.9 Å². The van der Waals surface area contributed by atoms with E-state index < -0.39 is 5.97 Å². The third kappa shape index (κ3) is 33.2. The molecule has 0 rings (SSSR count). The van der Waals surface area contributed by atoms with Gasteiger partial charge < -0.3 is 19.9 Å². The number of nitrogens with one attached hydrogen (secondary N) is 1. The summed E-state index contributed by atoms with van der Waals surface area (Å²) in [4.78, 5) is 22.7. The van der Waals surface area contributed by atoms with Gasteiger partial charge in [0.05, 0.1) is 19.1 Å². The van der Waals surface area contributed by atoms with E-state index in [1.54, 1.807) is 0 Å². The van der Waals surface area contributed by atoms with Crippen molar-refractivity contribution in [3.05, 3.63) is 0 Å². The van der Waals surface area contributed by atoms with Gasteiger partial charge in [0.1, 0.15) is 0 Å². The predicted molar refractivity (Wildman–Crippen MR) is 173 cm³/mol. The standard InChI is InChI=1S/C35H69NO5/c1-3-5-7-9-11-13-15-17-19-21-23-25-29-40-32-33(31-36-34(37)27-28-35(38)39)41-30-26-24-22-20-18-16-14-12-10-8-6-4-2/h33H,3-32H2,1-2H3,(H,36,37)(H,38,39). The van der Waals surface area contributed by atoms with Crippen LogP contribution in [0.3, 0.4) is 0 Å². The number of ether oxygens (including phenoxy) is 2. The summed E-state index contributed by atoms with van der Waals surface area (Å²) in [6.45, 7) is 6.77. The number of aliphatic carboxylic acids is 1. The van der Waals surface area contributed by atoms with Gasteiger partial charge in [-0.25, -0.2) is 0 Å². The number of unbranched alkanes of at least 4 members (excludes halogenated alkanes) is 22. The lowest BCUT2D eigenvalue weighted by Crippen LogP contribution is -2.36. The fourth-order valence-corrected chi connectivity index (χ4v) is 5.16. The Morgan fingerprint density at radius 2 is 0.951 bits per heavy atom. The molecule has 244 valence electrons. The lowest BCUT2D eigenvalue weighted by Gasteiger charge is -2.19. The molecule has 0 aromatic carbocycles. The molecule has 0 saturated carbocycles. The van der Waals surface area contributed by atoms with E-state index in [-0.39, 0.29) is 24.9 Å². The minimum Gasteiger partial charge on any atom is -0.481 e. The number of rotatable bonds is 34. The zero-order valence-electron chi connectivity index (χ0n) is 27.4. The number of carboxylic acids is 1. The van der Waals surface area contributed by atoms with Crippen LogP contribution in [0, 0.1) is 0 Å². The Kier molecular flexibility index (Phi) is 32.4. The van der Waals surface area contributed by atoms with Gasteiger partial charge in [-0.1, -0.05) is 155 Å². The van der Waals surface area contributed by atoms with E-state index in [4.69, 9.17) is 14.6 Å². The summed E-state index contributed by atoms with van der Waals surface area (Å²) in [5.74, 6) is -1.20. The first-order valence-corrected chi connectivity index (χ1v) is 17.8. The second-order valence-corrected chi connectivity index (χ2v) is 12.0. The number of hydrogen-bond donors (Lipinski definition) is 2. The molecule has 0 saturated heterocycles. The SMILES string of the molecule is CCCCCCCCCCCCCCOCC(CNC(=O)CCC(=O)O)OCCCCCCCCCCCCCC. The van der Waals surface area contributed by atoms with E-state index in [0.717, 1.165) is 19.4 Å². The van der Waals surface area contributed by atoms with Crippen LogP contribution in [0.5, 0.6) is 0 Å². The molecule has 0 aromatic rings. The Morgan fingerprint density at radius 3 is 1.37 bits per heavy atom. The van der Waals surface area contributed by atoms with Gasteiger partial charge in [0.25, 0.3) is 0 Å². The second kappa shape index (κ2) is 33.4. The van der Waals surface area contributed by atoms with Crippen LogP contribution in [-0.4, -0.2) is 49.5 Å². The van der Waals surface area contributed by atoms with Crippen LogP contribution >= 0.6 is 0 Å². The Balaban J connectivity index is 3.90. The summed E-state index contributed by atoms with van der Waals surface area (Å²) in [6.07, 6.45) is 31.3. The van der Waals surface area contributed by atoms with Crippen LogP contribution in [0.4, 0.5) is 0 Å². The van der Waals surface area contributed by atoms with E-state index in [9.17, 15) is 9.59 Å². The van der Waals surface area contributed by atoms with Crippen LogP contribution in [0.15, 0.2) is 0 Å². The van der Waals surface area contributed by atoms with Crippen molar-refractivity contribution in [3.8, 4) is 0 Å². The summed E-state index contributed by atoms with van der Waals surface area (Å²) in [7, 11) is 0. The van der Waals surface area contributed by atoms with Crippen molar-refractivity contribution < 1.29 is 24.2 Å². The number of hydrogen-bond acceptors (Lipinski definition) is 4. The van der Waals surface area contributed by atoms with Gasteiger partial charge in [-0.05, 0) is 12.8 Å². The van der Waals surface area contributed by atoms with Crippen LogP contribution in [0.1, 0.15) is 181 Å². The highest BCUT2D eigenvalue weighted by atomic mass is 16.5. The highest BCUT2D eigenvalue weighted by molar-refractivity contribution is 5.80. The first-order chi connectivity index (χ1) is 20.1. The van der Waals surface area contributed by atoms with E-state index >= 15 is 0 Å². The maximum atomic E-state index is 12.0. The minimum absolute atomic E-state index is 0.000504. The normalized spacial score (nSPS) is 12.0. The molecule has 1 atom stereocenters. The Hall–Kier alpha value is -1.14. The van der Waals surface area contributed by atoms with Crippen LogP contribution < -0.4 is 5.32 Å². The van der Waals surface area contributed by atoms with Crippen molar-refractivity contribution in [3.63, 3.8) is 0 Å². The highest BCUT2D eigenvalue weighted by Gasteiger charge is 2.12. The molecule has 6 heteroatoms. The molecule has 0 bridgehead atoms. The number of amides is 1. The first-order valence-electron chi connectivity index (χ1n) is 17.8. The lowest BCUT2D eigenvalue weighted by atomic mass is 10.1. The third-order valence-electron chi connectivity index (χ3n) is 7.89. The van der Waals surface area contributed by atoms with Crippen molar-refractivity contribution in [2.75, 3.05) is 26.4 Å². The molecular formula is C35H69NO5. The molecule has 0 fully saturated rings. The summed E-state index contributed by atoms with van der Waals surface area (Å²) in [5.41, 5.74) is 0. The van der Waals surface area contributed by atoms with Crippen molar-refractivity contribution in [1.29, 1.82) is 0 Å². The molecule has 0 radical (unpaired) electrons. The molecule has 0 heterocycles. The van der Waals surface area contributed by atoms with Gasteiger partial charge >= 0.3 is 5.97 Å². The number of carbonyl (C=O) groups is 2. The van der Waals surface area contributed by atoms with Gasteiger partial charge in [0.2, 0.25) is 5.91 Å². The lowest BCUT2D eigenvalue weighted by molar-refractivity contribution is -0.138. The monoisotopic (exact) mass is 584 g/mol. The zero-order chi connectivity index (χ0) is 30.1. The van der Waals surface area contributed by atoms with Gasteiger partial charge in [0.15, 0.2) is 0 Å². The van der Waals surface area contributed by atoms with Crippen molar-refractivity contribution in [2.24, 2.45) is 0 Å². The van der Waals surface area contributed by atoms with E-state index in [0.29, 0.717) is 19.8 Å². The van der Waals surface area contributed by atoms with Gasteiger partial charge in [-0.3, -0.25) is 9.59 Å². The molecule has 0 aliphatic heterocycles. The van der Waals surface area contributed by atoms with Gasteiger partial charge in [0, 0.05) is 26.2 Å². The van der Waals surface area contributed by atoms with Crippen molar-refractivity contribution in [1.82, 2.24) is 5.32 Å². The fraction of sp³-hybridized carbons (Fsp3) is 0.943. The summed E-state index contributed by atoms with van der Waals surface area (Å²) >= 11 is 0. The first kappa shape index (κ1) is 39.9. The average Bonchev–Trinajstić information content (AvgIpc) is 2.96. The molecule has 0 aliphatic carbocycles. The van der Waals surface area contributed by atoms with E-state index in [2.05, 4.69) is 19.2 Å². The van der Waals surface area contributed by atoms with E-state index in [1.165, 1.54) is 141 Å². The average molecular weight is 584 g/mol.